The average Bonchev–Trinajstić information content (AvgIpc) is 3.56. The second-order valence-corrected chi connectivity index (χ2v) is 11.6. The summed E-state index contributed by atoms with van der Waals surface area (Å²) in [6.45, 7) is 2.70. The van der Waals surface area contributed by atoms with Crippen molar-refractivity contribution in [1.29, 1.82) is 0 Å². The van der Waals surface area contributed by atoms with E-state index in [2.05, 4.69) is 5.32 Å². The third-order valence-corrected chi connectivity index (χ3v) is 9.47. The molecule has 4 heterocycles. The molecule has 0 saturated heterocycles. The molecule has 1 aliphatic heterocycles. The van der Waals surface area contributed by atoms with Crippen molar-refractivity contribution in [2.75, 3.05) is 11.9 Å². The van der Waals surface area contributed by atoms with E-state index in [4.69, 9.17) is 4.98 Å². The summed E-state index contributed by atoms with van der Waals surface area (Å²) in [5.41, 5.74) is 2.94. The van der Waals surface area contributed by atoms with Crippen LogP contribution in [0.2, 0.25) is 0 Å². The minimum Gasteiger partial charge on any atom is -0.337 e. The lowest BCUT2D eigenvalue weighted by Gasteiger charge is -2.25. The number of amides is 2. The summed E-state index contributed by atoms with van der Waals surface area (Å²) in [6.07, 6.45) is 0.694. The Morgan fingerprint density at radius 1 is 1.08 bits per heavy atom. The van der Waals surface area contributed by atoms with Gasteiger partial charge in [0.25, 0.3) is 11.6 Å². The Balaban J connectivity index is 1.40. The summed E-state index contributed by atoms with van der Waals surface area (Å²) in [7, 11) is 0. The summed E-state index contributed by atoms with van der Waals surface area (Å²) in [4.78, 5) is 44.2. The van der Waals surface area contributed by atoms with E-state index in [1.54, 1.807) is 30.4 Å². The van der Waals surface area contributed by atoms with Gasteiger partial charge in [0.05, 0.1) is 26.6 Å². The third-order valence-electron chi connectivity index (χ3n) is 6.17. The first kappa shape index (κ1) is 22.8. The Labute approximate surface area is 217 Å². The number of non-ortho nitro benzene ring substituents is 1. The van der Waals surface area contributed by atoms with Crippen molar-refractivity contribution < 1.29 is 14.5 Å². The number of hydrogen-bond donors (Lipinski definition) is 1. The van der Waals surface area contributed by atoms with Gasteiger partial charge in [-0.15, -0.1) is 34.0 Å². The standard InChI is InChI=1S/C25H18N4O4S3/c1-13(30)28-9-8-16-21(12-28)36-25(22(16)24-26-17-4-2-3-5-19(17)35-24)27-23(31)20-11-14-10-15(29(32)33)6-7-18(14)34-20/h2-7,10-11H,8-9,12H2,1H3,(H,27,31). The minimum atomic E-state index is -0.443. The number of thiophene rings is 2. The molecule has 0 radical (unpaired) electrons. The van der Waals surface area contributed by atoms with Crippen LogP contribution in [-0.4, -0.2) is 33.2 Å². The second-order valence-electron chi connectivity index (χ2n) is 8.43. The van der Waals surface area contributed by atoms with Gasteiger partial charge in [-0.3, -0.25) is 19.7 Å². The molecule has 5 aromatic rings. The van der Waals surface area contributed by atoms with Crippen molar-refractivity contribution in [3.8, 4) is 10.6 Å². The number of benzene rings is 2. The average molecular weight is 535 g/mol. The first-order valence-corrected chi connectivity index (χ1v) is 13.6. The maximum atomic E-state index is 13.3. The highest BCUT2D eigenvalue weighted by Crippen LogP contribution is 2.46. The topological polar surface area (TPSA) is 105 Å². The summed E-state index contributed by atoms with van der Waals surface area (Å²) in [5, 5.41) is 16.4. The molecule has 8 nitrogen and oxygen atoms in total. The van der Waals surface area contributed by atoms with Crippen molar-refractivity contribution in [3.05, 3.63) is 74.0 Å². The molecule has 0 unspecified atom stereocenters. The molecule has 2 aromatic carbocycles. The Morgan fingerprint density at radius 3 is 2.69 bits per heavy atom. The van der Waals surface area contributed by atoms with Crippen LogP contribution in [0.4, 0.5) is 10.7 Å². The van der Waals surface area contributed by atoms with Crippen LogP contribution < -0.4 is 5.32 Å². The number of para-hydroxylation sites is 1. The summed E-state index contributed by atoms with van der Waals surface area (Å²) >= 11 is 4.36. The molecule has 2 amide bonds. The Kier molecular flexibility index (Phi) is 5.55. The number of nitro benzene ring substituents is 1. The van der Waals surface area contributed by atoms with Gasteiger partial charge in [-0.1, -0.05) is 12.1 Å². The predicted molar refractivity (Wildman–Crippen MR) is 144 cm³/mol. The first-order chi connectivity index (χ1) is 17.4. The molecule has 1 N–H and O–H groups in total. The van der Waals surface area contributed by atoms with Crippen molar-refractivity contribution >= 4 is 76.8 Å². The number of hydrogen-bond acceptors (Lipinski definition) is 8. The number of nitrogens with zero attached hydrogens (tertiary/aromatic N) is 3. The third kappa shape index (κ3) is 3.94. The van der Waals surface area contributed by atoms with Crippen LogP contribution in [0.15, 0.2) is 48.5 Å². The van der Waals surface area contributed by atoms with Crippen LogP contribution in [0.1, 0.15) is 27.0 Å². The van der Waals surface area contributed by atoms with Crippen LogP contribution in [0.25, 0.3) is 30.9 Å². The summed E-state index contributed by atoms with van der Waals surface area (Å²) in [5.74, 6) is -0.247. The van der Waals surface area contributed by atoms with Crippen LogP contribution in [0.3, 0.4) is 0 Å². The van der Waals surface area contributed by atoms with Gasteiger partial charge in [0.1, 0.15) is 10.0 Å². The van der Waals surface area contributed by atoms with Crippen LogP contribution >= 0.6 is 34.0 Å². The smallest absolute Gasteiger partial charge is 0.270 e. The molecule has 0 atom stereocenters. The molecule has 1 aliphatic rings. The van der Waals surface area contributed by atoms with E-state index in [0.717, 1.165) is 35.9 Å². The Morgan fingerprint density at radius 2 is 1.92 bits per heavy atom. The van der Waals surface area contributed by atoms with E-state index in [-0.39, 0.29) is 17.5 Å². The van der Waals surface area contributed by atoms with Crippen molar-refractivity contribution in [2.45, 2.75) is 19.9 Å². The number of nitrogens with one attached hydrogen (secondary N) is 1. The van der Waals surface area contributed by atoms with E-state index < -0.39 is 4.92 Å². The monoisotopic (exact) mass is 534 g/mol. The quantitative estimate of drug-likeness (QED) is 0.215. The maximum absolute atomic E-state index is 13.3. The molecule has 0 fully saturated rings. The molecule has 0 bridgehead atoms. The van der Waals surface area contributed by atoms with E-state index in [1.165, 1.54) is 34.8 Å². The van der Waals surface area contributed by atoms with Gasteiger partial charge >= 0.3 is 0 Å². The number of anilines is 1. The summed E-state index contributed by atoms with van der Waals surface area (Å²) in [6, 6.07) is 14.2. The lowest BCUT2D eigenvalue weighted by atomic mass is 10.0. The zero-order valence-electron chi connectivity index (χ0n) is 18.9. The predicted octanol–water partition coefficient (Wildman–Crippen LogP) is 6.30. The summed E-state index contributed by atoms with van der Waals surface area (Å²) < 4.78 is 1.87. The number of fused-ring (bicyclic) bond motifs is 3. The number of rotatable bonds is 4. The van der Waals surface area contributed by atoms with Crippen molar-refractivity contribution in [2.24, 2.45) is 0 Å². The number of carbonyl (C=O) groups is 2. The largest absolute Gasteiger partial charge is 0.337 e. The molecule has 0 aliphatic carbocycles. The Hall–Kier alpha value is -3.67. The highest BCUT2D eigenvalue weighted by molar-refractivity contribution is 7.23. The van der Waals surface area contributed by atoms with Gasteiger partial charge < -0.3 is 10.2 Å². The number of carbonyl (C=O) groups excluding carboxylic acids is 2. The van der Waals surface area contributed by atoms with Gasteiger partial charge in [0, 0.05) is 46.1 Å². The van der Waals surface area contributed by atoms with E-state index in [0.29, 0.717) is 34.8 Å². The fourth-order valence-corrected chi connectivity index (χ4v) is 7.69. The van der Waals surface area contributed by atoms with E-state index in [9.17, 15) is 19.7 Å². The van der Waals surface area contributed by atoms with Gasteiger partial charge in [-0.25, -0.2) is 4.98 Å². The van der Waals surface area contributed by atoms with Gasteiger partial charge in [-0.05, 0) is 36.2 Å². The highest BCUT2D eigenvalue weighted by Gasteiger charge is 2.29. The SMILES string of the molecule is CC(=O)N1CCc2c(sc(NC(=O)c3cc4cc([N+](=O)[O-])ccc4s3)c2-c2nc3ccccc3s2)C1. The van der Waals surface area contributed by atoms with Gasteiger partial charge in [-0.2, -0.15) is 0 Å². The molecular weight excluding hydrogens is 517 g/mol. The molecule has 0 spiro atoms. The number of nitro groups is 1. The van der Waals surface area contributed by atoms with Gasteiger partial charge in [0.15, 0.2) is 0 Å². The maximum Gasteiger partial charge on any atom is 0.270 e. The normalized spacial score (nSPS) is 13.2. The molecular formula is C25H18N4O4S3. The molecule has 36 heavy (non-hydrogen) atoms. The van der Waals surface area contributed by atoms with Crippen molar-refractivity contribution in [1.82, 2.24) is 9.88 Å². The first-order valence-electron chi connectivity index (χ1n) is 11.1. The van der Waals surface area contributed by atoms with E-state index >= 15 is 0 Å². The lowest BCUT2D eigenvalue weighted by molar-refractivity contribution is -0.384. The van der Waals surface area contributed by atoms with E-state index in [1.807, 2.05) is 29.2 Å². The fourth-order valence-electron chi connectivity index (χ4n) is 4.39. The molecule has 3 aromatic heterocycles. The number of aromatic nitrogens is 1. The minimum absolute atomic E-state index is 0.00802. The molecule has 11 heteroatoms. The zero-order valence-corrected chi connectivity index (χ0v) is 21.4. The van der Waals surface area contributed by atoms with Crippen LogP contribution in [0.5, 0.6) is 0 Å². The lowest BCUT2D eigenvalue weighted by Crippen LogP contribution is -2.33. The molecule has 180 valence electrons. The van der Waals surface area contributed by atoms with Crippen LogP contribution in [0, 0.1) is 10.1 Å². The fraction of sp³-hybridized carbons (Fsp3) is 0.160. The Bertz CT molecular complexity index is 1670. The second kappa shape index (κ2) is 8.77. The molecule has 0 saturated carbocycles. The number of thiazole rings is 1. The zero-order chi connectivity index (χ0) is 25.0. The van der Waals surface area contributed by atoms with Crippen molar-refractivity contribution in [3.63, 3.8) is 0 Å². The highest BCUT2D eigenvalue weighted by atomic mass is 32.1. The van der Waals surface area contributed by atoms with Crippen LogP contribution in [-0.2, 0) is 17.8 Å². The van der Waals surface area contributed by atoms with Gasteiger partial charge in [0.2, 0.25) is 5.91 Å². The molecule has 6 rings (SSSR count).